The Morgan fingerprint density at radius 3 is 3.12 bits per heavy atom. The van der Waals surface area contributed by atoms with Crippen LogP contribution in [0.25, 0.3) is 0 Å². The lowest BCUT2D eigenvalue weighted by molar-refractivity contribution is -0.117. The monoisotopic (exact) mass is 332 g/mol. The summed E-state index contributed by atoms with van der Waals surface area (Å²) in [7, 11) is 0. The van der Waals surface area contributed by atoms with Crippen LogP contribution in [0.1, 0.15) is 6.92 Å². The maximum absolute atomic E-state index is 10.8. The molecule has 7 nitrogen and oxygen atoms in total. The normalized spacial score (nSPS) is 18.0. The molecule has 0 bridgehead atoms. The fraction of sp³-hybridized carbons (Fsp3) is 0.125. The van der Waals surface area contributed by atoms with Gasteiger partial charge < -0.3 is 5.11 Å². The smallest absolute Gasteiger partial charge is 0.452 e. The minimum absolute atomic E-state index is 0.0273. The van der Waals surface area contributed by atoms with Crippen molar-refractivity contribution in [2.24, 2.45) is 9.98 Å². The summed E-state index contributed by atoms with van der Waals surface area (Å²) in [4.78, 5) is 20.1. The third-order valence-electron chi connectivity index (χ3n) is 1.72. The summed E-state index contributed by atoms with van der Waals surface area (Å²) in [5, 5.41) is 12.0. The predicted octanol–water partition coefficient (Wildman–Crippen LogP) is -0.508. The number of fused-ring (bicyclic) bond motifs is 1. The van der Waals surface area contributed by atoms with E-state index < -0.39 is 0 Å². The number of hydrogen-bond donors (Lipinski definition) is 2. The molecule has 0 radical (unpaired) electrons. The summed E-state index contributed by atoms with van der Waals surface area (Å²) in [5.41, 5.74) is 0. The number of carbonyl (C=O) groups is 1. The van der Waals surface area contributed by atoms with E-state index in [-0.39, 0.29) is 23.8 Å². The van der Waals surface area contributed by atoms with Gasteiger partial charge in [0.25, 0.3) is 5.91 Å². The zero-order chi connectivity index (χ0) is 11.7. The molecule has 1 amide bonds. The van der Waals surface area contributed by atoms with E-state index in [1.165, 1.54) is 11.8 Å². The molecule has 82 valence electrons. The fourth-order valence-corrected chi connectivity index (χ4v) is 1.73. The van der Waals surface area contributed by atoms with E-state index in [0.29, 0.717) is 0 Å². The number of carbonyl (C=O) groups excluding carboxylic acids is 1. The highest BCUT2D eigenvalue weighted by molar-refractivity contribution is 14.1. The molecule has 16 heavy (non-hydrogen) atoms. The number of aliphatic imine (C=N–C) groups is 2. The van der Waals surface area contributed by atoms with Crippen LogP contribution in [0.2, 0.25) is 0 Å². The Labute approximate surface area is 104 Å². The second-order valence-corrected chi connectivity index (χ2v) is 4.04. The van der Waals surface area contributed by atoms with Crippen LogP contribution < -0.4 is 9.98 Å². The van der Waals surface area contributed by atoms with E-state index >= 15 is 0 Å². The molecular weight excluding hydrogens is 325 g/mol. The largest absolute Gasteiger partial charge is 0.466 e. The highest BCUT2D eigenvalue weighted by Crippen LogP contribution is 2.17. The highest BCUT2D eigenvalue weighted by Gasteiger charge is 2.34. The molecule has 0 aromatic rings. The third kappa shape index (κ3) is 1.97. The molecule has 0 atom stereocenters. The average Bonchev–Trinajstić information content (AvgIpc) is 2.15. The van der Waals surface area contributed by atoms with Crippen molar-refractivity contribution < 1.29 is 9.90 Å². The summed E-state index contributed by atoms with van der Waals surface area (Å²) < 4.78 is 4.45. The standard InChI is InChI=1S/C8H6IN5O2/c1-4(15)11-6-12-7-10-3-2-5(9)14(7)8(16)13-6/h2-3H,1H3,(H,11,13,15,16)/p+1. The Kier molecular flexibility index (Phi) is 2.75. The summed E-state index contributed by atoms with van der Waals surface area (Å²) in [6, 6.07) is -0.272. The van der Waals surface area contributed by atoms with Crippen molar-refractivity contribution in [1.82, 2.24) is 14.9 Å². The van der Waals surface area contributed by atoms with E-state index in [1.54, 1.807) is 12.3 Å². The lowest BCUT2D eigenvalue weighted by Gasteiger charge is -2.15. The van der Waals surface area contributed by atoms with Crippen molar-refractivity contribution in [2.45, 2.75) is 6.92 Å². The number of aliphatic hydroxyl groups is 1. The number of amidine groups is 1. The molecule has 2 aliphatic heterocycles. The third-order valence-corrected chi connectivity index (χ3v) is 2.56. The average molecular weight is 332 g/mol. The number of aliphatic hydroxyl groups excluding tert-OH is 1. The van der Waals surface area contributed by atoms with E-state index in [1.807, 2.05) is 22.6 Å². The van der Waals surface area contributed by atoms with Crippen LogP contribution in [0.5, 0.6) is 0 Å². The van der Waals surface area contributed by atoms with Crippen molar-refractivity contribution in [1.29, 1.82) is 0 Å². The molecule has 2 N–H and O–H groups in total. The van der Waals surface area contributed by atoms with Crippen LogP contribution in [0.15, 0.2) is 19.8 Å². The molecule has 0 fully saturated rings. The fourth-order valence-electron chi connectivity index (χ4n) is 1.13. The molecule has 0 aromatic heterocycles. The van der Waals surface area contributed by atoms with E-state index in [0.717, 1.165) is 3.70 Å². The predicted molar refractivity (Wildman–Crippen MR) is 68.5 cm³/mol. The van der Waals surface area contributed by atoms with E-state index in [9.17, 15) is 9.90 Å². The molecule has 0 aromatic carbocycles. The van der Waals surface area contributed by atoms with E-state index in [4.69, 9.17) is 0 Å². The molecule has 0 unspecified atom stereocenters. The van der Waals surface area contributed by atoms with Crippen LogP contribution in [0.4, 0.5) is 0 Å². The number of guanidine groups is 2. The first-order chi connectivity index (χ1) is 7.58. The van der Waals surface area contributed by atoms with E-state index in [2.05, 4.69) is 20.0 Å². The molecule has 2 rings (SSSR count). The number of nitrogens with one attached hydrogen (secondary N) is 1. The van der Waals surface area contributed by atoms with Crippen LogP contribution in [0, 0.1) is 0 Å². The van der Waals surface area contributed by atoms with Gasteiger partial charge in [-0.3, -0.25) is 4.79 Å². The number of allylic oxidation sites excluding steroid dienone is 1. The van der Waals surface area contributed by atoms with Gasteiger partial charge in [0.2, 0.25) is 0 Å². The Morgan fingerprint density at radius 1 is 1.69 bits per heavy atom. The van der Waals surface area contributed by atoms with Crippen molar-refractivity contribution in [2.75, 3.05) is 0 Å². The molecule has 0 saturated carbocycles. The first-order valence-corrected chi connectivity index (χ1v) is 5.36. The Hall–Kier alpha value is -1.67. The SMILES string of the molecule is CC(=O)NC1=[N+]=C(O)N2C(I)=CC=NC2=N1. The van der Waals surface area contributed by atoms with Gasteiger partial charge in [0.1, 0.15) is 3.70 Å². The Bertz CT molecular complexity index is 513. The lowest BCUT2D eigenvalue weighted by Crippen LogP contribution is -2.43. The van der Waals surface area contributed by atoms with Crippen molar-refractivity contribution in [3.8, 4) is 0 Å². The Morgan fingerprint density at radius 2 is 2.44 bits per heavy atom. The first-order valence-electron chi connectivity index (χ1n) is 4.29. The van der Waals surface area contributed by atoms with Gasteiger partial charge in [-0.05, 0) is 33.7 Å². The summed E-state index contributed by atoms with van der Waals surface area (Å²) >= 11 is 2.02. The molecule has 0 saturated heterocycles. The minimum Gasteiger partial charge on any atom is -0.452 e. The molecule has 8 heteroatoms. The number of rotatable bonds is 0. The van der Waals surface area contributed by atoms with Crippen molar-refractivity contribution >= 4 is 52.7 Å². The zero-order valence-electron chi connectivity index (χ0n) is 8.18. The second-order valence-electron chi connectivity index (χ2n) is 2.93. The summed E-state index contributed by atoms with van der Waals surface area (Å²) in [6.07, 6.45) is 3.26. The van der Waals surface area contributed by atoms with Gasteiger partial charge in [0.15, 0.2) is 0 Å². The maximum atomic E-state index is 10.8. The van der Waals surface area contributed by atoms with Crippen molar-refractivity contribution in [3.05, 3.63) is 9.78 Å². The highest BCUT2D eigenvalue weighted by atomic mass is 127. The molecule has 2 heterocycles. The van der Waals surface area contributed by atoms with Gasteiger partial charge in [-0.2, -0.15) is 9.66 Å². The lowest BCUT2D eigenvalue weighted by atomic mass is 10.5. The Balaban J connectivity index is 2.42. The summed E-state index contributed by atoms with van der Waals surface area (Å²) in [5.74, 6) is -0.0166. The number of amides is 1. The first kappa shape index (κ1) is 10.8. The van der Waals surface area contributed by atoms with Gasteiger partial charge >= 0.3 is 17.9 Å². The van der Waals surface area contributed by atoms with Gasteiger partial charge in [-0.15, -0.1) is 4.90 Å². The van der Waals surface area contributed by atoms with Gasteiger partial charge in [-0.1, -0.05) is 0 Å². The number of nitrogens with zero attached hydrogens (tertiary/aromatic N) is 4. The molecule has 0 spiro atoms. The van der Waals surface area contributed by atoms with Gasteiger partial charge in [0.05, 0.1) is 0 Å². The van der Waals surface area contributed by atoms with Gasteiger partial charge in [-0.25, -0.2) is 5.32 Å². The molecule has 0 aliphatic carbocycles. The quantitative estimate of drug-likeness (QED) is 0.356. The van der Waals surface area contributed by atoms with Crippen LogP contribution in [0.3, 0.4) is 0 Å². The summed E-state index contributed by atoms with van der Waals surface area (Å²) in [6.45, 7) is 1.33. The topological polar surface area (TPSA) is 91.4 Å². The zero-order valence-corrected chi connectivity index (χ0v) is 10.3. The van der Waals surface area contributed by atoms with Crippen LogP contribution in [-0.2, 0) is 4.79 Å². The van der Waals surface area contributed by atoms with Crippen LogP contribution >= 0.6 is 22.6 Å². The molecular formula is C8H7IN5O2+. The van der Waals surface area contributed by atoms with Crippen molar-refractivity contribution in [3.63, 3.8) is 0 Å². The molecule has 2 aliphatic rings. The number of hydrogen-bond acceptors (Lipinski definition) is 4. The maximum Gasteiger partial charge on any atom is 0.466 e. The number of halogens is 1. The minimum atomic E-state index is -0.311. The van der Waals surface area contributed by atoms with Gasteiger partial charge in [0, 0.05) is 13.1 Å². The van der Waals surface area contributed by atoms with Crippen LogP contribution in [-0.4, -0.2) is 40.1 Å². The second kappa shape index (κ2) is 4.06.